The number of urea groups is 1. The van der Waals surface area contributed by atoms with Crippen molar-refractivity contribution < 1.29 is 9.59 Å². The van der Waals surface area contributed by atoms with Crippen molar-refractivity contribution in [1.29, 1.82) is 0 Å². The first kappa shape index (κ1) is 20.0. The second-order valence-electron chi connectivity index (χ2n) is 7.87. The summed E-state index contributed by atoms with van der Waals surface area (Å²) in [7, 11) is 0. The summed E-state index contributed by atoms with van der Waals surface area (Å²) in [6.07, 6.45) is 4.79. The van der Waals surface area contributed by atoms with Crippen molar-refractivity contribution in [2.24, 2.45) is 15.9 Å². The lowest BCUT2D eigenvalue weighted by atomic mass is 9.91. The van der Waals surface area contributed by atoms with Gasteiger partial charge in [-0.25, -0.2) is 14.8 Å². The molecule has 1 aliphatic carbocycles. The Bertz CT molecular complexity index is 978. The third-order valence-corrected chi connectivity index (χ3v) is 6.31. The Balaban J connectivity index is 1.77. The number of carbonyl (C=O) groups excluding carboxylic acids is 2. The van der Waals surface area contributed by atoms with E-state index in [1.54, 1.807) is 0 Å². The van der Waals surface area contributed by atoms with Crippen LogP contribution in [0.1, 0.15) is 38.7 Å². The molecule has 1 aromatic carbocycles. The maximum absolute atomic E-state index is 13.2. The lowest BCUT2D eigenvalue weighted by Gasteiger charge is -2.30. The molecule has 4 rings (SSSR count). The second-order valence-corrected chi connectivity index (χ2v) is 9.12. The quantitative estimate of drug-likeness (QED) is 0.485. The molecule has 0 bridgehead atoms. The molecule has 1 aromatic rings. The lowest BCUT2D eigenvalue weighted by Crippen LogP contribution is -2.48. The lowest BCUT2D eigenvalue weighted by molar-refractivity contribution is -0.129. The molecule has 1 saturated heterocycles. The first-order valence-electron chi connectivity index (χ1n) is 9.79. The monoisotopic (exact) mass is 502 g/mol. The molecule has 0 unspecified atom stereocenters. The number of hydrogen-bond acceptors (Lipinski definition) is 4. The molecule has 3 atom stereocenters. The van der Waals surface area contributed by atoms with Crippen molar-refractivity contribution in [3.63, 3.8) is 0 Å². The van der Waals surface area contributed by atoms with Crippen molar-refractivity contribution in [2.75, 3.05) is 0 Å². The molecule has 3 aliphatic rings. The van der Waals surface area contributed by atoms with Gasteiger partial charge < -0.3 is 5.32 Å². The van der Waals surface area contributed by atoms with Crippen molar-refractivity contribution in [1.82, 2.24) is 10.2 Å². The molecule has 1 N–H and O–H groups in total. The van der Waals surface area contributed by atoms with Gasteiger partial charge in [0.05, 0.1) is 11.4 Å². The van der Waals surface area contributed by atoms with Gasteiger partial charge in [0, 0.05) is 15.9 Å². The third kappa shape index (κ3) is 3.68. The normalized spacial score (nSPS) is 23.2. The fourth-order valence-electron chi connectivity index (χ4n) is 3.92. The van der Waals surface area contributed by atoms with Crippen LogP contribution in [0, 0.1) is 5.92 Å². The van der Waals surface area contributed by atoms with Crippen molar-refractivity contribution >= 4 is 46.1 Å². The van der Waals surface area contributed by atoms with Crippen LogP contribution in [-0.2, 0) is 4.79 Å². The highest BCUT2D eigenvalue weighted by Gasteiger charge is 2.47. The topological polar surface area (TPSA) is 74.1 Å². The summed E-state index contributed by atoms with van der Waals surface area (Å²) >= 11 is 2.27. The highest BCUT2D eigenvalue weighted by Crippen LogP contribution is 2.32. The van der Waals surface area contributed by atoms with Gasteiger partial charge in [0.25, 0.3) is 5.91 Å². The predicted molar refractivity (Wildman–Crippen MR) is 122 cm³/mol. The Labute approximate surface area is 184 Å². The maximum Gasteiger partial charge on any atom is 0.325 e. The molecule has 150 valence electrons. The van der Waals surface area contributed by atoms with E-state index in [1.807, 2.05) is 57.2 Å². The summed E-state index contributed by atoms with van der Waals surface area (Å²) in [4.78, 5) is 36.9. The molecular weight excluding hydrogens is 479 g/mol. The van der Waals surface area contributed by atoms with Gasteiger partial charge in [-0.15, -0.1) is 0 Å². The van der Waals surface area contributed by atoms with E-state index in [-0.39, 0.29) is 23.8 Å². The van der Waals surface area contributed by atoms with Gasteiger partial charge in [0.15, 0.2) is 5.84 Å². The standard InChI is InChI=1S/C22H23IN4O2/c1-12(2)18-21(28)27(22(29)26-18)19(13(3)14-7-5-4-6-8-14)20-24-16-10-9-15(23)11-17(16)25-20/h4-9,11-13,18-19H,10H2,1-3H3,(H,26,29)/t13-,18+,19-/m0/s1. The molecule has 29 heavy (non-hydrogen) atoms. The van der Waals surface area contributed by atoms with Gasteiger partial charge in [-0.1, -0.05) is 57.2 Å². The number of nitrogens with one attached hydrogen (secondary N) is 1. The first-order valence-corrected chi connectivity index (χ1v) is 10.9. The van der Waals surface area contributed by atoms with Crippen LogP contribution in [0.2, 0.25) is 0 Å². The van der Waals surface area contributed by atoms with E-state index in [0.29, 0.717) is 12.3 Å². The molecule has 1 fully saturated rings. The van der Waals surface area contributed by atoms with E-state index in [1.165, 1.54) is 4.90 Å². The minimum absolute atomic E-state index is 0.0111. The van der Waals surface area contributed by atoms with Crippen LogP contribution in [0.15, 0.2) is 61.7 Å². The number of aliphatic imine (C=N–C) groups is 2. The summed E-state index contributed by atoms with van der Waals surface area (Å²) in [5.74, 6) is 0.178. The fourth-order valence-corrected chi connectivity index (χ4v) is 4.44. The zero-order valence-corrected chi connectivity index (χ0v) is 18.8. The molecular formula is C22H23IN4O2. The average Bonchev–Trinajstić information content (AvgIpc) is 3.24. The zero-order chi connectivity index (χ0) is 20.7. The van der Waals surface area contributed by atoms with E-state index in [9.17, 15) is 9.59 Å². The Morgan fingerprint density at radius 3 is 2.52 bits per heavy atom. The largest absolute Gasteiger partial charge is 0.326 e. The van der Waals surface area contributed by atoms with Crippen molar-refractivity contribution in [3.8, 4) is 0 Å². The van der Waals surface area contributed by atoms with Crippen LogP contribution < -0.4 is 5.32 Å². The molecule has 2 heterocycles. The van der Waals surface area contributed by atoms with Gasteiger partial charge in [-0.3, -0.25) is 9.69 Å². The van der Waals surface area contributed by atoms with Crippen LogP contribution in [0.5, 0.6) is 0 Å². The number of amides is 3. The SMILES string of the molecule is CC(C)[C@H]1NC(=O)N([C@H](C2=NC3=CC(I)=CCC3=N2)[C@@H](C)c2ccccc2)C1=O. The second kappa shape index (κ2) is 7.85. The van der Waals surface area contributed by atoms with Gasteiger partial charge in [0.2, 0.25) is 0 Å². The molecule has 0 radical (unpaired) electrons. The number of rotatable bonds is 5. The Hall–Kier alpha value is -2.29. The number of amidine groups is 1. The molecule has 0 saturated carbocycles. The van der Waals surface area contributed by atoms with Crippen LogP contribution >= 0.6 is 22.6 Å². The Morgan fingerprint density at radius 1 is 1.14 bits per heavy atom. The van der Waals surface area contributed by atoms with Gasteiger partial charge >= 0.3 is 6.03 Å². The van der Waals surface area contributed by atoms with E-state index >= 15 is 0 Å². The van der Waals surface area contributed by atoms with E-state index in [4.69, 9.17) is 9.98 Å². The Morgan fingerprint density at radius 2 is 1.86 bits per heavy atom. The van der Waals surface area contributed by atoms with Crippen LogP contribution in [0.25, 0.3) is 0 Å². The average molecular weight is 502 g/mol. The van der Waals surface area contributed by atoms with Crippen molar-refractivity contribution in [3.05, 3.63) is 57.3 Å². The van der Waals surface area contributed by atoms with Gasteiger partial charge in [-0.2, -0.15) is 0 Å². The number of fused-ring (bicyclic) bond motifs is 1. The molecule has 6 nitrogen and oxygen atoms in total. The van der Waals surface area contributed by atoms with E-state index in [2.05, 4.69) is 34.0 Å². The number of imide groups is 1. The van der Waals surface area contributed by atoms with Crippen molar-refractivity contribution in [2.45, 2.75) is 45.2 Å². The molecule has 3 amide bonds. The summed E-state index contributed by atoms with van der Waals surface area (Å²) in [6.45, 7) is 5.88. The van der Waals surface area contributed by atoms with Crippen LogP contribution in [0.4, 0.5) is 4.79 Å². The number of benzene rings is 1. The number of allylic oxidation sites excluding steroid dienone is 4. The highest BCUT2D eigenvalue weighted by molar-refractivity contribution is 14.1. The molecule has 2 aliphatic heterocycles. The van der Waals surface area contributed by atoms with Gasteiger partial charge in [0.1, 0.15) is 12.1 Å². The summed E-state index contributed by atoms with van der Waals surface area (Å²) < 4.78 is 1.11. The van der Waals surface area contributed by atoms with E-state index < -0.39 is 12.1 Å². The summed E-state index contributed by atoms with van der Waals surface area (Å²) in [6, 6.07) is 8.43. The number of hydrogen-bond donors (Lipinski definition) is 1. The highest BCUT2D eigenvalue weighted by atomic mass is 127. The van der Waals surface area contributed by atoms with E-state index in [0.717, 1.165) is 20.6 Å². The maximum atomic E-state index is 13.2. The summed E-state index contributed by atoms with van der Waals surface area (Å²) in [5, 5.41) is 2.84. The summed E-state index contributed by atoms with van der Waals surface area (Å²) in [5.41, 5.74) is 2.74. The smallest absolute Gasteiger partial charge is 0.325 e. The van der Waals surface area contributed by atoms with Crippen LogP contribution in [-0.4, -0.2) is 40.5 Å². The van der Waals surface area contributed by atoms with Crippen LogP contribution in [0.3, 0.4) is 0 Å². The molecule has 7 heteroatoms. The predicted octanol–water partition coefficient (Wildman–Crippen LogP) is 4.19. The third-order valence-electron chi connectivity index (χ3n) is 5.55. The zero-order valence-electron chi connectivity index (χ0n) is 16.6. The molecule has 0 aromatic heterocycles. The molecule has 0 spiro atoms. The first-order chi connectivity index (χ1) is 13.9. The minimum atomic E-state index is -0.565. The minimum Gasteiger partial charge on any atom is -0.326 e. The number of carbonyl (C=O) groups is 2. The number of halogens is 1. The Kier molecular flexibility index (Phi) is 5.42. The van der Waals surface area contributed by atoms with Gasteiger partial charge in [-0.05, 0) is 40.1 Å². The number of nitrogens with zero attached hydrogens (tertiary/aromatic N) is 3. The fraction of sp³-hybridized carbons (Fsp3) is 0.364.